The van der Waals surface area contributed by atoms with Crippen molar-refractivity contribution in [2.45, 2.75) is 6.54 Å². The van der Waals surface area contributed by atoms with Crippen LogP contribution in [0.1, 0.15) is 15.9 Å². The van der Waals surface area contributed by atoms with E-state index in [1.807, 2.05) is 60.7 Å². The molecule has 26 heavy (non-hydrogen) atoms. The largest absolute Gasteiger partial charge is 0.366 e. The third-order valence-electron chi connectivity index (χ3n) is 4.43. The number of nitrogens with zero attached hydrogens (tertiary/aromatic N) is 1. The number of primary amides is 1. The number of nitrogens with two attached hydrogens (primary N) is 1. The molecule has 0 saturated carbocycles. The molecule has 0 atom stereocenters. The molecule has 0 unspecified atom stereocenters. The predicted octanol–water partition coefficient (Wildman–Crippen LogP) is 3.14. The van der Waals surface area contributed by atoms with Crippen molar-refractivity contribution in [1.82, 2.24) is 9.78 Å². The van der Waals surface area contributed by atoms with Gasteiger partial charge in [-0.15, -0.1) is 0 Å². The smallest absolute Gasteiger partial charge is 0.274 e. The molecule has 0 bridgehead atoms. The first-order valence-electron chi connectivity index (χ1n) is 8.29. The van der Waals surface area contributed by atoms with Crippen molar-refractivity contribution in [2.75, 3.05) is 0 Å². The van der Waals surface area contributed by atoms with Gasteiger partial charge in [0.25, 0.3) is 5.56 Å². The fourth-order valence-electron chi connectivity index (χ4n) is 3.16. The number of carbonyl (C=O) groups is 1. The van der Waals surface area contributed by atoms with E-state index in [0.717, 1.165) is 22.2 Å². The molecule has 0 aliphatic heterocycles. The van der Waals surface area contributed by atoms with Crippen LogP contribution in [-0.4, -0.2) is 15.7 Å². The third kappa shape index (κ3) is 2.80. The van der Waals surface area contributed by atoms with E-state index in [4.69, 9.17) is 5.73 Å². The van der Waals surface area contributed by atoms with Crippen LogP contribution in [0.4, 0.5) is 0 Å². The highest BCUT2D eigenvalue weighted by molar-refractivity contribution is 6.00. The minimum atomic E-state index is -0.474. The number of aromatic nitrogens is 2. The number of rotatable bonds is 4. The highest BCUT2D eigenvalue weighted by Crippen LogP contribution is 2.25. The molecule has 0 spiro atoms. The fourth-order valence-corrected chi connectivity index (χ4v) is 3.16. The minimum absolute atomic E-state index is 0.0687. The Bertz CT molecular complexity index is 1160. The summed E-state index contributed by atoms with van der Waals surface area (Å²) >= 11 is 0. The van der Waals surface area contributed by atoms with Gasteiger partial charge >= 0.3 is 0 Å². The third-order valence-corrected chi connectivity index (χ3v) is 4.43. The molecule has 1 aromatic heterocycles. The molecule has 0 fully saturated rings. The van der Waals surface area contributed by atoms with E-state index in [1.54, 1.807) is 16.8 Å². The molecular formula is C21H17N3O2. The Morgan fingerprint density at radius 3 is 2.42 bits per heavy atom. The zero-order chi connectivity index (χ0) is 18.1. The second-order valence-electron chi connectivity index (χ2n) is 6.16. The number of nitrogens with one attached hydrogen (secondary N) is 1. The molecule has 3 aromatic carbocycles. The average Bonchev–Trinajstić information content (AvgIpc) is 2.98. The minimum Gasteiger partial charge on any atom is -0.366 e. The van der Waals surface area contributed by atoms with E-state index in [-0.39, 0.29) is 5.56 Å². The standard InChI is InChI=1S/C21H17N3O2/c22-20(25)16-11-10-14(12-18(16)15-6-2-1-3-7-15)13-24-21(26)17-8-4-5-9-19(17)23-24/h1-12,23H,13H2,(H2,22,25). The van der Waals surface area contributed by atoms with E-state index in [2.05, 4.69) is 5.10 Å². The molecule has 3 N–H and O–H groups in total. The summed E-state index contributed by atoms with van der Waals surface area (Å²) in [6.07, 6.45) is 0. The van der Waals surface area contributed by atoms with Crippen LogP contribution in [0, 0.1) is 0 Å². The lowest BCUT2D eigenvalue weighted by Gasteiger charge is -2.10. The van der Waals surface area contributed by atoms with E-state index >= 15 is 0 Å². The van der Waals surface area contributed by atoms with Crippen LogP contribution in [0.3, 0.4) is 0 Å². The van der Waals surface area contributed by atoms with E-state index in [1.165, 1.54) is 0 Å². The lowest BCUT2D eigenvalue weighted by molar-refractivity contribution is 0.100. The van der Waals surface area contributed by atoms with Crippen LogP contribution in [0.5, 0.6) is 0 Å². The second-order valence-corrected chi connectivity index (χ2v) is 6.16. The summed E-state index contributed by atoms with van der Waals surface area (Å²) in [5.41, 5.74) is 9.30. The van der Waals surface area contributed by atoms with Gasteiger partial charge in [-0.3, -0.25) is 14.7 Å². The van der Waals surface area contributed by atoms with Crippen molar-refractivity contribution >= 4 is 16.8 Å². The number of hydrogen-bond acceptors (Lipinski definition) is 2. The Morgan fingerprint density at radius 2 is 1.69 bits per heavy atom. The van der Waals surface area contributed by atoms with Crippen LogP contribution in [-0.2, 0) is 6.54 Å². The molecule has 4 aromatic rings. The summed E-state index contributed by atoms with van der Waals surface area (Å²) in [5.74, 6) is -0.474. The molecule has 0 saturated heterocycles. The first kappa shape index (κ1) is 15.9. The first-order valence-corrected chi connectivity index (χ1v) is 8.29. The van der Waals surface area contributed by atoms with Crippen molar-refractivity contribution in [1.29, 1.82) is 0 Å². The number of carbonyl (C=O) groups excluding carboxylic acids is 1. The maximum atomic E-state index is 12.5. The Labute approximate surface area is 149 Å². The van der Waals surface area contributed by atoms with Gasteiger partial charge in [0, 0.05) is 5.56 Å². The Balaban J connectivity index is 1.79. The summed E-state index contributed by atoms with van der Waals surface area (Å²) in [5, 5.41) is 3.78. The van der Waals surface area contributed by atoms with Crippen molar-refractivity contribution < 1.29 is 4.79 Å². The Morgan fingerprint density at radius 1 is 0.962 bits per heavy atom. The van der Waals surface area contributed by atoms with Crippen LogP contribution in [0.2, 0.25) is 0 Å². The molecular weight excluding hydrogens is 326 g/mol. The average molecular weight is 343 g/mol. The SMILES string of the molecule is NC(=O)c1ccc(Cn2[nH]c3ccccc3c2=O)cc1-c1ccccc1. The van der Waals surface area contributed by atoms with Gasteiger partial charge in [0.1, 0.15) is 0 Å². The summed E-state index contributed by atoms with van der Waals surface area (Å²) in [6.45, 7) is 0.381. The number of H-pyrrole nitrogens is 1. The number of aromatic amines is 1. The monoisotopic (exact) mass is 343 g/mol. The maximum absolute atomic E-state index is 12.5. The second kappa shape index (κ2) is 6.37. The van der Waals surface area contributed by atoms with E-state index < -0.39 is 5.91 Å². The predicted molar refractivity (Wildman–Crippen MR) is 102 cm³/mol. The molecule has 4 rings (SSSR count). The topological polar surface area (TPSA) is 80.9 Å². The number of amides is 1. The van der Waals surface area contributed by atoms with Gasteiger partial charge in [0.2, 0.25) is 5.91 Å². The van der Waals surface area contributed by atoms with Crippen LogP contribution < -0.4 is 11.3 Å². The summed E-state index contributed by atoms with van der Waals surface area (Å²) in [4.78, 5) is 24.3. The van der Waals surface area contributed by atoms with Crippen LogP contribution in [0.15, 0.2) is 77.6 Å². The Kier molecular flexibility index (Phi) is 3.89. The van der Waals surface area contributed by atoms with Crippen molar-refractivity contribution in [3.8, 4) is 11.1 Å². The number of para-hydroxylation sites is 1. The molecule has 5 nitrogen and oxygen atoms in total. The van der Waals surface area contributed by atoms with Gasteiger partial charge in [0.15, 0.2) is 0 Å². The fraction of sp³-hybridized carbons (Fsp3) is 0.0476. The molecule has 0 aliphatic carbocycles. The van der Waals surface area contributed by atoms with Gasteiger partial charge in [-0.1, -0.05) is 48.5 Å². The maximum Gasteiger partial charge on any atom is 0.274 e. The van der Waals surface area contributed by atoms with Crippen molar-refractivity contribution in [2.24, 2.45) is 5.73 Å². The Hall–Kier alpha value is -3.60. The molecule has 128 valence electrons. The summed E-state index contributed by atoms with van der Waals surface area (Å²) in [7, 11) is 0. The van der Waals surface area contributed by atoms with Gasteiger partial charge in [-0.2, -0.15) is 0 Å². The molecule has 5 heteroatoms. The zero-order valence-corrected chi connectivity index (χ0v) is 14.0. The first-order chi connectivity index (χ1) is 12.6. The highest BCUT2D eigenvalue weighted by atomic mass is 16.1. The van der Waals surface area contributed by atoms with Gasteiger partial charge in [-0.05, 0) is 41.0 Å². The highest BCUT2D eigenvalue weighted by Gasteiger charge is 2.12. The summed E-state index contributed by atoms with van der Waals surface area (Å²) < 4.78 is 1.57. The number of fused-ring (bicyclic) bond motifs is 1. The normalized spacial score (nSPS) is 10.9. The van der Waals surface area contributed by atoms with Gasteiger partial charge in [-0.25, -0.2) is 4.68 Å². The van der Waals surface area contributed by atoms with E-state index in [9.17, 15) is 9.59 Å². The lowest BCUT2D eigenvalue weighted by Crippen LogP contribution is -2.18. The van der Waals surface area contributed by atoms with E-state index in [0.29, 0.717) is 17.5 Å². The van der Waals surface area contributed by atoms with Crippen LogP contribution >= 0.6 is 0 Å². The van der Waals surface area contributed by atoms with Gasteiger partial charge in [0.05, 0.1) is 17.4 Å². The summed E-state index contributed by atoms with van der Waals surface area (Å²) in [6, 6.07) is 22.5. The number of benzene rings is 3. The van der Waals surface area contributed by atoms with Crippen molar-refractivity contribution in [3.63, 3.8) is 0 Å². The van der Waals surface area contributed by atoms with Gasteiger partial charge < -0.3 is 5.73 Å². The lowest BCUT2D eigenvalue weighted by atomic mass is 9.97. The zero-order valence-electron chi connectivity index (χ0n) is 14.0. The number of hydrogen-bond donors (Lipinski definition) is 2. The van der Waals surface area contributed by atoms with Crippen LogP contribution in [0.25, 0.3) is 22.0 Å². The quantitative estimate of drug-likeness (QED) is 0.597. The van der Waals surface area contributed by atoms with Crippen molar-refractivity contribution in [3.05, 3.63) is 94.3 Å². The molecule has 0 radical (unpaired) electrons. The molecule has 0 aliphatic rings. The molecule has 1 amide bonds. The molecule has 1 heterocycles.